The van der Waals surface area contributed by atoms with Gasteiger partial charge in [-0.3, -0.25) is 4.90 Å². The van der Waals surface area contributed by atoms with Crippen LogP contribution in [0.25, 0.3) is 0 Å². The van der Waals surface area contributed by atoms with E-state index in [2.05, 4.69) is 16.8 Å². The molecule has 3 atom stereocenters. The molecular weight excluding hydrogens is 226 g/mol. The van der Waals surface area contributed by atoms with Crippen LogP contribution in [0, 0.1) is 0 Å². The zero-order valence-electron chi connectivity index (χ0n) is 12.0. The van der Waals surface area contributed by atoms with Gasteiger partial charge in [-0.2, -0.15) is 0 Å². The van der Waals surface area contributed by atoms with Gasteiger partial charge in [0.2, 0.25) is 0 Å². The van der Waals surface area contributed by atoms with Crippen molar-refractivity contribution in [3.8, 4) is 0 Å². The monoisotopic (exact) mass is 255 g/mol. The first-order valence-electron chi connectivity index (χ1n) is 7.50. The first kappa shape index (κ1) is 14.3. The maximum absolute atomic E-state index is 5.74. The van der Waals surface area contributed by atoms with Gasteiger partial charge in [0.05, 0.1) is 6.10 Å². The molecule has 2 fully saturated rings. The largest absolute Gasteiger partial charge is 0.377 e. The summed E-state index contributed by atoms with van der Waals surface area (Å²) < 4.78 is 5.63. The predicted octanol–water partition coefficient (Wildman–Crippen LogP) is 0.909. The van der Waals surface area contributed by atoms with Crippen molar-refractivity contribution in [1.29, 1.82) is 0 Å². The van der Waals surface area contributed by atoms with Gasteiger partial charge in [0.25, 0.3) is 0 Å². The molecule has 4 heteroatoms. The highest BCUT2D eigenvalue weighted by molar-refractivity contribution is 4.91. The van der Waals surface area contributed by atoms with Gasteiger partial charge in [0.1, 0.15) is 0 Å². The Morgan fingerprint density at radius 1 is 1.28 bits per heavy atom. The maximum Gasteiger partial charge on any atom is 0.0709 e. The Morgan fingerprint density at radius 3 is 2.78 bits per heavy atom. The number of likely N-dealkylation sites (N-methyl/N-ethyl adjacent to an activating group) is 1. The number of rotatable bonds is 6. The van der Waals surface area contributed by atoms with Crippen LogP contribution in [0.1, 0.15) is 32.6 Å². The highest BCUT2D eigenvalue weighted by Crippen LogP contribution is 2.28. The lowest BCUT2D eigenvalue weighted by Crippen LogP contribution is -2.38. The lowest BCUT2D eigenvalue weighted by Gasteiger charge is -2.27. The number of fused-ring (bicyclic) bond motifs is 2. The van der Waals surface area contributed by atoms with Crippen molar-refractivity contribution in [3.05, 3.63) is 0 Å². The second kappa shape index (κ2) is 6.85. The van der Waals surface area contributed by atoms with Crippen LogP contribution in [0.3, 0.4) is 0 Å². The molecule has 2 bridgehead atoms. The molecule has 0 aliphatic carbocycles. The molecule has 2 saturated heterocycles. The van der Waals surface area contributed by atoms with Crippen molar-refractivity contribution in [2.75, 3.05) is 39.8 Å². The SMILES string of the molecule is CCOC(CN)CCN1CCC2CCC(C1)N2C. The molecule has 0 amide bonds. The topological polar surface area (TPSA) is 41.7 Å². The van der Waals surface area contributed by atoms with E-state index in [0.717, 1.165) is 31.7 Å². The predicted molar refractivity (Wildman–Crippen MR) is 74.7 cm³/mol. The summed E-state index contributed by atoms with van der Waals surface area (Å²) in [6.45, 7) is 7.08. The summed E-state index contributed by atoms with van der Waals surface area (Å²) >= 11 is 0. The van der Waals surface area contributed by atoms with E-state index in [1.807, 2.05) is 6.92 Å². The molecule has 106 valence electrons. The standard InChI is InChI=1S/C14H29N3O/c1-3-18-14(10-15)7-9-17-8-6-12-4-5-13(11-17)16(12)2/h12-14H,3-11,15H2,1-2H3. The zero-order valence-corrected chi connectivity index (χ0v) is 12.0. The minimum atomic E-state index is 0.244. The van der Waals surface area contributed by atoms with Crippen molar-refractivity contribution in [2.45, 2.75) is 50.8 Å². The van der Waals surface area contributed by atoms with Crippen LogP contribution in [-0.2, 0) is 4.74 Å². The number of hydrogen-bond donors (Lipinski definition) is 1. The first-order chi connectivity index (χ1) is 8.74. The Labute approximate surface area is 111 Å². The summed E-state index contributed by atoms with van der Waals surface area (Å²) in [5.41, 5.74) is 5.74. The van der Waals surface area contributed by atoms with E-state index in [1.165, 1.54) is 32.4 Å². The number of nitrogens with two attached hydrogens (primary N) is 1. The Bertz CT molecular complexity index is 249. The molecule has 2 aliphatic heterocycles. The third kappa shape index (κ3) is 3.44. The van der Waals surface area contributed by atoms with E-state index in [9.17, 15) is 0 Å². The number of hydrogen-bond acceptors (Lipinski definition) is 4. The van der Waals surface area contributed by atoms with Gasteiger partial charge >= 0.3 is 0 Å². The molecular formula is C14H29N3O. The quantitative estimate of drug-likeness (QED) is 0.766. The molecule has 0 aromatic carbocycles. The molecule has 0 aromatic heterocycles. The second-order valence-corrected chi connectivity index (χ2v) is 5.74. The van der Waals surface area contributed by atoms with E-state index in [0.29, 0.717) is 6.54 Å². The summed E-state index contributed by atoms with van der Waals surface area (Å²) in [7, 11) is 2.30. The fourth-order valence-electron chi connectivity index (χ4n) is 3.41. The van der Waals surface area contributed by atoms with Gasteiger partial charge in [-0.05, 0) is 46.2 Å². The fraction of sp³-hybridized carbons (Fsp3) is 1.00. The van der Waals surface area contributed by atoms with Crippen molar-refractivity contribution in [1.82, 2.24) is 9.80 Å². The van der Waals surface area contributed by atoms with Crippen molar-refractivity contribution >= 4 is 0 Å². The first-order valence-corrected chi connectivity index (χ1v) is 7.50. The normalized spacial score (nSPS) is 31.5. The van der Waals surface area contributed by atoms with Crippen molar-refractivity contribution < 1.29 is 4.74 Å². The van der Waals surface area contributed by atoms with Gasteiger partial charge in [-0.15, -0.1) is 0 Å². The van der Waals surface area contributed by atoms with E-state index in [-0.39, 0.29) is 6.10 Å². The average molecular weight is 255 g/mol. The summed E-state index contributed by atoms with van der Waals surface area (Å²) in [6, 6.07) is 1.61. The highest BCUT2D eigenvalue weighted by Gasteiger charge is 2.34. The van der Waals surface area contributed by atoms with Crippen LogP contribution >= 0.6 is 0 Å². The van der Waals surface area contributed by atoms with Crippen LogP contribution in [0.4, 0.5) is 0 Å². The molecule has 0 saturated carbocycles. The Hall–Kier alpha value is -0.160. The van der Waals surface area contributed by atoms with Crippen LogP contribution in [0.2, 0.25) is 0 Å². The maximum atomic E-state index is 5.74. The molecule has 18 heavy (non-hydrogen) atoms. The van der Waals surface area contributed by atoms with Gasteiger partial charge in [-0.25, -0.2) is 0 Å². The molecule has 0 radical (unpaired) electrons. The smallest absolute Gasteiger partial charge is 0.0709 e. The van der Waals surface area contributed by atoms with Crippen LogP contribution in [0.5, 0.6) is 0 Å². The molecule has 2 aliphatic rings. The van der Waals surface area contributed by atoms with Crippen molar-refractivity contribution in [3.63, 3.8) is 0 Å². The molecule has 4 nitrogen and oxygen atoms in total. The van der Waals surface area contributed by atoms with Crippen LogP contribution < -0.4 is 5.73 Å². The second-order valence-electron chi connectivity index (χ2n) is 5.74. The molecule has 2 N–H and O–H groups in total. The van der Waals surface area contributed by atoms with E-state index in [1.54, 1.807) is 0 Å². The minimum absolute atomic E-state index is 0.244. The molecule has 0 aromatic rings. The number of likely N-dealkylation sites (tertiary alicyclic amines) is 1. The minimum Gasteiger partial charge on any atom is -0.377 e. The van der Waals surface area contributed by atoms with Gasteiger partial charge in [0, 0.05) is 38.3 Å². The van der Waals surface area contributed by atoms with Gasteiger partial charge < -0.3 is 15.4 Å². The molecule has 3 unspecified atom stereocenters. The van der Waals surface area contributed by atoms with Gasteiger partial charge in [0.15, 0.2) is 0 Å². The van der Waals surface area contributed by atoms with E-state index < -0.39 is 0 Å². The molecule has 2 rings (SSSR count). The van der Waals surface area contributed by atoms with E-state index in [4.69, 9.17) is 10.5 Å². The summed E-state index contributed by atoms with van der Waals surface area (Å²) in [5, 5.41) is 0. The highest BCUT2D eigenvalue weighted by atomic mass is 16.5. The summed E-state index contributed by atoms with van der Waals surface area (Å²) in [6.07, 6.45) is 5.43. The summed E-state index contributed by atoms with van der Waals surface area (Å²) in [4.78, 5) is 5.21. The Kier molecular flexibility index (Phi) is 5.42. The molecule has 2 heterocycles. The third-order valence-corrected chi connectivity index (χ3v) is 4.67. The van der Waals surface area contributed by atoms with Crippen molar-refractivity contribution in [2.24, 2.45) is 5.73 Å². The van der Waals surface area contributed by atoms with Crippen LogP contribution in [-0.4, -0.2) is 67.8 Å². The van der Waals surface area contributed by atoms with Gasteiger partial charge in [-0.1, -0.05) is 0 Å². The van der Waals surface area contributed by atoms with E-state index >= 15 is 0 Å². The Balaban J connectivity index is 1.76. The fourth-order valence-corrected chi connectivity index (χ4v) is 3.41. The number of nitrogens with zero attached hydrogens (tertiary/aromatic N) is 2. The zero-order chi connectivity index (χ0) is 13.0. The lowest BCUT2D eigenvalue weighted by molar-refractivity contribution is 0.0535. The lowest BCUT2D eigenvalue weighted by atomic mass is 10.1. The average Bonchev–Trinajstić information content (AvgIpc) is 2.61. The summed E-state index contributed by atoms with van der Waals surface area (Å²) in [5.74, 6) is 0. The number of ether oxygens (including phenoxy) is 1. The Morgan fingerprint density at radius 2 is 2.06 bits per heavy atom. The van der Waals surface area contributed by atoms with Crippen LogP contribution in [0.15, 0.2) is 0 Å². The third-order valence-electron chi connectivity index (χ3n) is 4.67. The molecule has 0 spiro atoms.